The summed E-state index contributed by atoms with van der Waals surface area (Å²) < 4.78 is 0. The summed E-state index contributed by atoms with van der Waals surface area (Å²) in [5.41, 5.74) is 1.37. The van der Waals surface area contributed by atoms with Gasteiger partial charge in [-0.2, -0.15) is 5.06 Å². The van der Waals surface area contributed by atoms with Crippen LogP contribution in [0.25, 0.3) is 0 Å². The summed E-state index contributed by atoms with van der Waals surface area (Å²) in [5, 5.41) is 21.0. The Morgan fingerprint density at radius 1 is 1.09 bits per heavy atom. The molecule has 2 aromatic carbocycles. The third-order valence-electron chi connectivity index (χ3n) is 3.25. The molecule has 0 spiro atoms. The molecule has 22 heavy (non-hydrogen) atoms. The molecule has 1 aliphatic rings. The lowest BCUT2D eigenvalue weighted by Gasteiger charge is -2.16. The van der Waals surface area contributed by atoms with Crippen molar-refractivity contribution in [3.8, 4) is 0 Å². The van der Waals surface area contributed by atoms with Crippen LogP contribution in [-0.4, -0.2) is 28.2 Å². The van der Waals surface area contributed by atoms with Crippen molar-refractivity contribution in [1.82, 2.24) is 0 Å². The summed E-state index contributed by atoms with van der Waals surface area (Å²) in [5.74, 6) is -0.953. The normalized spacial score (nSPS) is 17.8. The van der Waals surface area contributed by atoms with E-state index in [0.29, 0.717) is 26.2 Å². The molecule has 1 aliphatic heterocycles. The van der Waals surface area contributed by atoms with Crippen molar-refractivity contribution in [3.05, 3.63) is 63.6 Å². The largest absolute Gasteiger partial charge is 0.364 e. The van der Waals surface area contributed by atoms with Crippen molar-refractivity contribution in [3.63, 3.8) is 0 Å². The number of aliphatic hydroxyl groups excluding tert-OH is 1. The van der Waals surface area contributed by atoms with Gasteiger partial charge in [0.15, 0.2) is 0 Å². The minimum Gasteiger partial charge on any atom is -0.364 e. The van der Waals surface area contributed by atoms with E-state index in [0.717, 1.165) is 0 Å². The molecule has 1 atom stereocenters. The molecule has 112 valence electrons. The van der Waals surface area contributed by atoms with Crippen LogP contribution >= 0.6 is 23.2 Å². The fourth-order valence-corrected chi connectivity index (χ4v) is 2.62. The van der Waals surface area contributed by atoms with Crippen LogP contribution in [0.4, 0.5) is 5.69 Å². The van der Waals surface area contributed by atoms with Crippen LogP contribution in [0.15, 0.2) is 47.5 Å². The van der Waals surface area contributed by atoms with Crippen LogP contribution in [0, 0.1) is 0 Å². The number of fused-ring (bicyclic) bond motifs is 1. The number of amides is 1. The van der Waals surface area contributed by atoms with Crippen LogP contribution in [-0.2, 0) is 4.79 Å². The lowest BCUT2D eigenvalue weighted by atomic mass is 10.0. The zero-order chi connectivity index (χ0) is 15.9. The van der Waals surface area contributed by atoms with Crippen LogP contribution in [0.2, 0.25) is 10.0 Å². The molecule has 0 aliphatic carbocycles. The maximum atomic E-state index is 11.9. The highest BCUT2D eigenvalue weighted by Gasteiger charge is 2.30. The molecule has 0 bridgehead atoms. The van der Waals surface area contributed by atoms with Gasteiger partial charge >= 0.3 is 5.91 Å². The van der Waals surface area contributed by atoms with E-state index < -0.39 is 12.1 Å². The van der Waals surface area contributed by atoms with E-state index in [9.17, 15) is 15.1 Å². The van der Waals surface area contributed by atoms with E-state index in [2.05, 4.69) is 4.99 Å². The first-order chi connectivity index (χ1) is 10.5. The van der Waals surface area contributed by atoms with E-state index in [1.165, 1.54) is 12.1 Å². The second-order valence-electron chi connectivity index (χ2n) is 4.64. The predicted molar refractivity (Wildman–Crippen MR) is 83.8 cm³/mol. The van der Waals surface area contributed by atoms with Gasteiger partial charge in [-0.3, -0.25) is 10.0 Å². The Kier molecular flexibility index (Phi) is 3.88. The lowest BCUT2D eigenvalue weighted by molar-refractivity contribution is -0.131. The molecule has 2 N–H and O–H groups in total. The molecule has 1 heterocycles. The summed E-state index contributed by atoms with van der Waals surface area (Å²) in [7, 11) is 0. The van der Waals surface area contributed by atoms with E-state index in [-0.39, 0.29) is 11.4 Å². The molecule has 1 amide bonds. The number of carbonyl (C=O) groups is 1. The molecule has 1 unspecified atom stereocenters. The van der Waals surface area contributed by atoms with Crippen LogP contribution in [0.1, 0.15) is 11.1 Å². The quantitative estimate of drug-likeness (QED) is 0.786. The van der Waals surface area contributed by atoms with E-state index >= 15 is 0 Å². The molecular weight excluding hydrogens is 327 g/mol. The molecule has 2 aromatic rings. The minimum absolute atomic E-state index is 0.171. The number of benzene rings is 2. The Morgan fingerprint density at radius 2 is 1.82 bits per heavy atom. The summed E-state index contributed by atoms with van der Waals surface area (Å²) in [6.07, 6.45) is -1.73. The molecule has 7 heteroatoms. The number of hydroxylamine groups is 1. The first-order valence-corrected chi connectivity index (χ1v) is 7.08. The average molecular weight is 337 g/mol. The monoisotopic (exact) mass is 336 g/mol. The van der Waals surface area contributed by atoms with Crippen LogP contribution in [0.3, 0.4) is 0 Å². The lowest BCUT2D eigenvalue weighted by Crippen LogP contribution is -2.35. The first kappa shape index (κ1) is 15.0. The van der Waals surface area contributed by atoms with Gasteiger partial charge in [0.25, 0.3) is 0 Å². The summed E-state index contributed by atoms with van der Waals surface area (Å²) in [6.45, 7) is 0. The number of rotatable bonds is 1. The second-order valence-corrected chi connectivity index (χ2v) is 5.49. The molecular formula is C15H10Cl2N2O3. The fourth-order valence-electron chi connectivity index (χ4n) is 2.23. The Hall–Kier alpha value is -1.92. The maximum Gasteiger partial charge on any atom is 0.302 e. The van der Waals surface area contributed by atoms with E-state index in [1.54, 1.807) is 30.3 Å². The highest BCUT2D eigenvalue weighted by atomic mass is 35.5. The van der Waals surface area contributed by atoms with Crippen LogP contribution < -0.4 is 5.06 Å². The first-order valence-electron chi connectivity index (χ1n) is 6.32. The Balaban J connectivity index is 2.31. The second kappa shape index (κ2) is 5.70. The maximum absolute atomic E-state index is 11.9. The summed E-state index contributed by atoms with van der Waals surface area (Å²) in [6, 6.07) is 11.4. The number of benzodiazepines with no additional fused rings is 1. The van der Waals surface area contributed by atoms with Gasteiger partial charge in [-0.1, -0.05) is 41.4 Å². The van der Waals surface area contributed by atoms with Gasteiger partial charge in [0.2, 0.25) is 6.23 Å². The van der Waals surface area contributed by atoms with Crippen molar-refractivity contribution < 1.29 is 15.1 Å². The van der Waals surface area contributed by atoms with Gasteiger partial charge in [-0.05, 0) is 24.3 Å². The number of nitrogens with zero attached hydrogens (tertiary/aromatic N) is 2. The zero-order valence-corrected chi connectivity index (χ0v) is 12.6. The van der Waals surface area contributed by atoms with E-state index in [4.69, 9.17) is 23.2 Å². The van der Waals surface area contributed by atoms with Crippen molar-refractivity contribution in [2.45, 2.75) is 6.23 Å². The van der Waals surface area contributed by atoms with Gasteiger partial charge in [0.1, 0.15) is 0 Å². The molecule has 5 nitrogen and oxygen atoms in total. The van der Waals surface area contributed by atoms with E-state index in [1.807, 2.05) is 0 Å². The Labute approximate surface area is 136 Å². The van der Waals surface area contributed by atoms with Gasteiger partial charge < -0.3 is 5.11 Å². The third kappa shape index (κ3) is 2.48. The number of halogens is 2. The van der Waals surface area contributed by atoms with Crippen molar-refractivity contribution >= 4 is 40.5 Å². The zero-order valence-electron chi connectivity index (χ0n) is 11.1. The average Bonchev–Trinajstić information content (AvgIpc) is 2.59. The number of hydrogen-bond donors (Lipinski definition) is 2. The number of aliphatic imine (C=N–C) groups is 1. The molecule has 0 aromatic heterocycles. The summed E-state index contributed by atoms with van der Waals surface area (Å²) in [4.78, 5) is 15.9. The SMILES string of the molecule is O=C1C(O)N=C(c2ccccc2Cl)c2cc(Cl)ccc2N1O. The Morgan fingerprint density at radius 3 is 2.55 bits per heavy atom. The minimum atomic E-state index is -1.73. The van der Waals surface area contributed by atoms with Crippen molar-refractivity contribution in [2.75, 3.05) is 5.06 Å². The van der Waals surface area contributed by atoms with Crippen molar-refractivity contribution in [1.29, 1.82) is 0 Å². The third-order valence-corrected chi connectivity index (χ3v) is 3.82. The smallest absolute Gasteiger partial charge is 0.302 e. The predicted octanol–water partition coefficient (Wildman–Crippen LogP) is 2.89. The molecule has 3 rings (SSSR count). The molecule has 0 fully saturated rings. The highest BCUT2D eigenvalue weighted by molar-refractivity contribution is 6.36. The number of carbonyl (C=O) groups excluding carboxylic acids is 1. The molecule has 0 saturated heterocycles. The summed E-state index contributed by atoms with van der Waals surface area (Å²) >= 11 is 12.2. The van der Waals surface area contributed by atoms with Crippen LogP contribution in [0.5, 0.6) is 0 Å². The molecule has 0 saturated carbocycles. The van der Waals surface area contributed by atoms with Gasteiger partial charge in [-0.25, -0.2) is 4.99 Å². The number of anilines is 1. The van der Waals surface area contributed by atoms with Gasteiger partial charge in [0.05, 0.1) is 11.4 Å². The fraction of sp³-hybridized carbons (Fsp3) is 0.0667. The molecule has 0 radical (unpaired) electrons. The van der Waals surface area contributed by atoms with Gasteiger partial charge in [-0.15, -0.1) is 0 Å². The topological polar surface area (TPSA) is 73.1 Å². The number of aliphatic hydroxyl groups is 1. The highest BCUT2D eigenvalue weighted by Crippen LogP contribution is 2.31. The number of hydrogen-bond acceptors (Lipinski definition) is 4. The van der Waals surface area contributed by atoms with Gasteiger partial charge in [0, 0.05) is 21.2 Å². The standard InChI is InChI=1S/C15H10Cl2N2O3/c16-8-5-6-12-10(7-8)13(9-3-1-2-4-11(9)17)18-14(20)15(21)19(12)22/h1-7,14,20,22H. The van der Waals surface area contributed by atoms with Crippen molar-refractivity contribution in [2.24, 2.45) is 4.99 Å². The Bertz CT molecular complexity index is 792.